The van der Waals surface area contributed by atoms with E-state index in [-0.39, 0.29) is 4.90 Å². The fourth-order valence-electron chi connectivity index (χ4n) is 1.94. The van der Waals surface area contributed by atoms with Crippen LogP contribution < -0.4 is 5.32 Å². The van der Waals surface area contributed by atoms with Crippen LogP contribution >= 0.6 is 11.8 Å². The fourth-order valence-corrected chi connectivity index (χ4v) is 2.95. The summed E-state index contributed by atoms with van der Waals surface area (Å²) < 4.78 is 28.1. The summed E-state index contributed by atoms with van der Waals surface area (Å²) in [6.45, 7) is 4.35. The van der Waals surface area contributed by atoms with E-state index in [1.54, 1.807) is 7.05 Å². The molecule has 20 heavy (non-hydrogen) atoms. The van der Waals surface area contributed by atoms with Gasteiger partial charge in [-0.2, -0.15) is 0 Å². The second kappa shape index (κ2) is 6.37. The van der Waals surface area contributed by atoms with E-state index in [4.69, 9.17) is 0 Å². The van der Waals surface area contributed by atoms with Crippen molar-refractivity contribution >= 4 is 11.8 Å². The van der Waals surface area contributed by atoms with Gasteiger partial charge in [0.15, 0.2) is 0 Å². The van der Waals surface area contributed by atoms with E-state index in [0.29, 0.717) is 12.1 Å². The maximum atomic E-state index is 14.1. The standard InChI is InChI=1S/C16H17F2NS/c1-10-4-5-11(2)15(6-10)20-16-13(17)7-12(9-19-3)8-14(16)18/h4-8,19H,9H2,1-3H3. The van der Waals surface area contributed by atoms with Gasteiger partial charge in [-0.1, -0.05) is 23.9 Å². The number of hydrogen-bond donors (Lipinski definition) is 1. The minimum Gasteiger partial charge on any atom is -0.316 e. The molecule has 1 N–H and O–H groups in total. The molecule has 0 atom stereocenters. The Bertz CT molecular complexity index is 603. The molecular weight excluding hydrogens is 276 g/mol. The van der Waals surface area contributed by atoms with Gasteiger partial charge in [-0.25, -0.2) is 8.78 Å². The average Bonchev–Trinajstić information content (AvgIpc) is 2.38. The van der Waals surface area contributed by atoms with Crippen molar-refractivity contribution in [2.24, 2.45) is 0 Å². The minimum atomic E-state index is -0.513. The highest BCUT2D eigenvalue weighted by atomic mass is 32.2. The number of hydrogen-bond acceptors (Lipinski definition) is 2. The number of nitrogens with one attached hydrogen (secondary N) is 1. The molecule has 2 aromatic carbocycles. The molecule has 1 nitrogen and oxygen atoms in total. The molecule has 0 aliphatic heterocycles. The number of rotatable bonds is 4. The lowest BCUT2D eigenvalue weighted by atomic mass is 10.2. The molecule has 0 fully saturated rings. The normalized spacial score (nSPS) is 10.8. The van der Waals surface area contributed by atoms with Gasteiger partial charge in [0.25, 0.3) is 0 Å². The molecule has 0 saturated heterocycles. The summed E-state index contributed by atoms with van der Waals surface area (Å²) in [4.78, 5) is 0.933. The lowest BCUT2D eigenvalue weighted by molar-refractivity contribution is 0.536. The van der Waals surface area contributed by atoms with Crippen molar-refractivity contribution < 1.29 is 8.78 Å². The van der Waals surface area contributed by atoms with Gasteiger partial charge in [0.2, 0.25) is 0 Å². The third kappa shape index (κ3) is 3.38. The largest absolute Gasteiger partial charge is 0.316 e. The third-order valence-corrected chi connectivity index (χ3v) is 4.25. The van der Waals surface area contributed by atoms with Gasteiger partial charge in [-0.05, 0) is 55.8 Å². The Balaban J connectivity index is 2.36. The van der Waals surface area contributed by atoms with Crippen LogP contribution in [0.5, 0.6) is 0 Å². The first-order valence-electron chi connectivity index (χ1n) is 6.39. The monoisotopic (exact) mass is 293 g/mol. The minimum absolute atomic E-state index is 0.0542. The average molecular weight is 293 g/mol. The van der Waals surface area contributed by atoms with E-state index in [0.717, 1.165) is 27.8 Å². The molecule has 0 aliphatic carbocycles. The summed E-state index contributed by atoms with van der Waals surface area (Å²) in [6, 6.07) is 8.66. The molecule has 2 aromatic rings. The molecule has 2 rings (SSSR count). The highest BCUT2D eigenvalue weighted by molar-refractivity contribution is 7.99. The zero-order valence-electron chi connectivity index (χ0n) is 11.8. The van der Waals surface area contributed by atoms with Gasteiger partial charge < -0.3 is 5.32 Å². The summed E-state index contributed by atoms with van der Waals surface area (Å²) >= 11 is 1.14. The zero-order valence-corrected chi connectivity index (χ0v) is 12.6. The summed E-state index contributed by atoms with van der Waals surface area (Å²) in [5.74, 6) is -1.03. The first-order chi connectivity index (χ1) is 9.51. The van der Waals surface area contributed by atoms with Crippen LogP contribution in [0.2, 0.25) is 0 Å². The van der Waals surface area contributed by atoms with E-state index in [9.17, 15) is 8.78 Å². The summed E-state index contributed by atoms with van der Waals surface area (Å²) in [7, 11) is 1.74. The van der Waals surface area contributed by atoms with Crippen molar-refractivity contribution in [3.05, 3.63) is 58.7 Å². The van der Waals surface area contributed by atoms with Crippen LogP contribution in [0.3, 0.4) is 0 Å². The lowest BCUT2D eigenvalue weighted by Crippen LogP contribution is -2.06. The lowest BCUT2D eigenvalue weighted by Gasteiger charge is -2.10. The molecular formula is C16H17F2NS. The second-order valence-electron chi connectivity index (χ2n) is 4.79. The highest BCUT2D eigenvalue weighted by Gasteiger charge is 2.13. The molecule has 0 amide bonds. The van der Waals surface area contributed by atoms with Gasteiger partial charge in [0.1, 0.15) is 11.6 Å². The number of benzene rings is 2. The van der Waals surface area contributed by atoms with E-state index in [2.05, 4.69) is 5.32 Å². The van der Waals surface area contributed by atoms with Gasteiger partial charge in [-0.3, -0.25) is 0 Å². The van der Waals surface area contributed by atoms with Crippen molar-refractivity contribution in [3.8, 4) is 0 Å². The molecule has 0 saturated carbocycles. The third-order valence-electron chi connectivity index (χ3n) is 2.99. The summed E-state index contributed by atoms with van der Waals surface area (Å²) in [6.07, 6.45) is 0. The van der Waals surface area contributed by atoms with E-state index in [1.165, 1.54) is 12.1 Å². The topological polar surface area (TPSA) is 12.0 Å². The van der Waals surface area contributed by atoms with Crippen LogP contribution in [0, 0.1) is 25.5 Å². The first-order valence-corrected chi connectivity index (χ1v) is 7.20. The predicted octanol–water partition coefficient (Wildman–Crippen LogP) is 4.45. The molecule has 106 valence electrons. The maximum absolute atomic E-state index is 14.1. The SMILES string of the molecule is CNCc1cc(F)c(Sc2cc(C)ccc2C)c(F)c1. The second-order valence-corrected chi connectivity index (χ2v) is 5.84. The van der Waals surface area contributed by atoms with Gasteiger partial charge in [-0.15, -0.1) is 0 Å². The van der Waals surface area contributed by atoms with Gasteiger partial charge in [0.05, 0.1) is 4.90 Å². The molecule has 0 bridgehead atoms. The van der Waals surface area contributed by atoms with Crippen molar-refractivity contribution in [2.75, 3.05) is 7.05 Å². The van der Waals surface area contributed by atoms with Crippen LogP contribution in [0.25, 0.3) is 0 Å². The zero-order chi connectivity index (χ0) is 14.7. The molecule has 0 heterocycles. The van der Waals surface area contributed by atoms with Crippen molar-refractivity contribution in [3.63, 3.8) is 0 Å². The van der Waals surface area contributed by atoms with Crippen molar-refractivity contribution in [2.45, 2.75) is 30.2 Å². The summed E-state index contributed by atoms with van der Waals surface area (Å²) in [5.41, 5.74) is 2.69. The Morgan fingerprint density at radius 1 is 1.05 bits per heavy atom. The quantitative estimate of drug-likeness (QED) is 0.893. The van der Waals surface area contributed by atoms with E-state index < -0.39 is 11.6 Å². The smallest absolute Gasteiger partial charge is 0.140 e. The predicted molar refractivity (Wildman–Crippen MR) is 79.2 cm³/mol. The molecule has 4 heteroatoms. The maximum Gasteiger partial charge on any atom is 0.140 e. The Kier molecular flexibility index (Phi) is 4.78. The van der Waals surface area contributed by atoms with E-state index in [1.807, 2.05) is 32.0 Å². The van der Waals surface area contributed by atoms with Crippen molar-refractivity contribution in [1.82, 2.24) is 5.32 Å². The molecule has 0 aromatic heterocycles. The Morgan fingerprint density at radius 2 is 1.70 bits per heavy atom. The number of halogens is 2. The molecule has 0 spiro atoms. The van der Waals surface area contributed by atoms with Crippen molar-refractivity contribution in [1.29, 1.82) is 0 Å². The van der Waals surface area contributed by atoms with Crippen LogP contribution in [-0.2, 0) is 6.54 Å². The molecule has 0 radical (unpaired) electrons. The van der Waals surface area contributed by atoms with Crippen LogP contribution in [0.4, 0.5) is 8.78 Å². The fraction of sp³-hybridized carbons (Fsp3) is 0.250. The van der Waals surface area contributed by atoms with E-state index >= 15 is 0 Å². The van der Waals surface area contributed by atoms with Crippen LogP contribution in [0.15, 0.2) is 40.1 Å². The summed E-state index contributed by atoms with van der Waals surface area (Å²) in [5, 5.41) is 2.88. The Morgan fingerprint density at radius 3 is 2.30 bits per heavy atom. The Hall–Kier alpha value is -1.39. The highest BCUT2D eigenvalue weighted by Crippen LogP contribution is 2.35. The van der Waals surface area contributed by atoms with Gasteiger partial charge >= 0.3 is 0 Å². The van der Waals surface area contributed by atoms with Crippen LogP contribution in [0.1, 0.15) is 16.7 Å². The van der Waals surface area contributed by atoms with Crippen LogP contribution in [-0.4, -0.2) is 7.05 Å². The first kappa shape index (κ1) is 15.0. The van der Waals surface area contributed by atoms with Gasteiger partial charge in [0, 0.05) is 11.4 Å². The number of aryl methyl sites for hydroxylation is 2. The Labute approximate surface area is 122 Å². The molecule has 0 unspecified atom stereocenters. The molecule has 0 aliphatic rings.